The van der Waals surface area contributed by atoms with Crippen molar-refractivity contribution in [2.75, 3.05) is 0 Å². The fraction of sp³-hybridized carbons (Fsp3) is 0.208. The third-order valence-corrected chi connectivity index (χ3v) is 6.83. The standard InChI is InChI=1S/C24H18F3N5S/c1-12-7-16(14(3)32(12)23-19(11-29)13(2)15(4)33-23)8-17(10-28)22-30-20-6-5-18(24(25,26)27)9-21(20)31-22/h5-9H,1-4H3,(H,30,31). The number of aromatic nitrogens is 3. The van der Waals surface area contributed by atoms with Gasteiger partial charge in [0.05, 0.1) is 27.7 Å². The summed E-state index contributed by atoms with van der Waals surface area (Å²) >= 11 is 1.53. The summed E-state index contributed by atoms with van der Waals surface area (Å²) in [5, 5.41) is 20.2. The summed E-state index contributed by atoms with van der Waals surface area (Å²) in [4.78, 5) is 8.19. The van der Waals surface area contributed by atoms with E-state index >= 15 is 0 Å². The van der Waals surface area contributed by atoms with Gasteiger partial charge in [-0.1, -0.05) is 0 Å². The number of H-pyrrole nitrogens is 1. The molecule has 1 aromatic carbocycles. The highest BCUT2D eigenvalue weighted by Gasteiger charge is 2.30. The largest absolute Gasteiger partial charge is 0.416 e. The molecule has 1 N–H and O–H groups in total. The molecule has 0 bridgehead atoms. The molecule has 3 aromatic heterocycles. The van der Waals surface area contributed by atoms with Crippen molar-refractivity contribution in [2.45, 2.75) is 33.9 Å². The fourth-order valence-corrected chi connectivity index (χ4v) is 4.99. The number of aryl methyl sites for hydroxylation is 2. The van der Waals surface area contributed by atoms with Crippen molar-refractivity contribution < 1.29 is 13.2 Å². The quantitative estimate of drug-likeness (QED) is 0.346. The number of aromatic amines is 1. The lowest BCUT2D eigenvalue weighted by atomic mass is 10.1. The number of nitrogens with zero attached hydrogens (tertiary/aromatic N) is 4. The Morgan fingerprint density at radius 2 is 1.88 bits per heavy atom. The number of alkyl halides is 3. The Kier molecular flexibility index (Phi) is 5.39. The van der Waals surface area contributed by atoms with E-state index in [1.807, 2.05) is 38.3 Å². The van der Waals surface area contributed by atoms with Gasteiger partial charge in [0.15, 0.2) is 0 Å². The second kappa shape index (κ2) is 7.95. The second-order valence-electron chi connectivity index (χ2n) is 7.72. The first-order chi connectivity index (χ1) is 15.5. The predicted octanol–water partition coefficient (Wildman–Crippen LogP) is 6.60. The molecule has 166 valence electrons. The molecular weight excluding hydrogens is 447 g/mol. The van der Waals surface area contributed by atoms with Crippen LogP contribution < -0.4 is 0 Å². The summed E-state index contributed by atoms with van der Waals surface area (Å²) in [5.41, 5.74) is 4.01. The molecular formula is C24H18F3N5S. The van der Waals surface area contributed by atoms with E-state index in [2.05, 4.69) is 22.1 Å². The number of hydrogen-bond acceptors (Lipinski definition) is 4. The SMILES string of the molecule is Cc1sc(-n2c(C)cc(C=C(C#N)c3nc4ccc(C(F)(F)F)cc4[nH]3)c2C)c(C#N)c1C. The van der Waals surface area contributed by atoms with Gasteiger partial charge in [-0.2, -0.15) is 23.7 Å². The lowest BCUT2D eigenvalue weighted by molar-refractivity contribution is -0.137. The Balaban J connectivity index is 1.81. The number of rotatable bonds is 3. The summed E-state index contributed by atoms with van der Waals surface area (Å²) in [6.07, 6.45) is -2.81. The van der Waals surface area contributed by atoms with E-state index in [1.54, 1.807) is 6.08 Å². The van der Waals surface area contributed by atoms with E-state index in [1.165, 1.54) is 17.4 Å². The molecule has 5 nitrogen and oxygen atoms in total. The highest BCUT2D eigenvalue weighted by molar-refractivity contribution is 7.14. The lowest BCUT2D eigenvalue weighted by Crippen LogP contribution is -2.04. The number of halogens is 3. The summed E-state index contributed by atoms with van der Waals surface area (Å²) in [6, 6.07) is 9.51. The molecule has 9 heteroatoms. The van der Waals surface area contributed by atoms with Crippen LogP contribution >= 0.6 is 11.3 Å². The number of allylic oxidation sites excluding steroid dienone is 1. The maximum atomic E-state index is 13.0. The average molecular weight is 466 g/mol. The lowest BCUT2D eigenvalue weighted by Gasteiger charge is -2.07. The minimum Gasteiger partial charge on any atom is -0.337 e. The first kappa shape index (κ1) is 22.4. The van der Waals surface area contributed by atoms with Crippen molar-refractivity contribution in [3.05, 3.63) is 68.6 Å². The summed E-state index contributed by atoms with van der Waals surface area (Å²) < 4.78 is 41.0. The van der Waals surface area contributed by atoms with Crippen LogP contribution in [0.1, 0.15) is 44.3 Å². The third-order valence-electron chi connectivity index (χ3n) is 5.64. The smallest absolute Gasteiger partial charge is 0.337 e. The molecule has 0 aliphatic heterocycles. The molecule has 0 amide bonds. The highest BCUT2D eigenvalue weighted by Crippen LogP contribution is 2.35. The maximum absolute atomic E-state index is 13.0. The van der Waals surface area contributed by atoms with Gasteiger partial charge in [-0.05, 0) is 69.2 Å². The monoisotopic (exact) mass is 465 g/mol. The first-order valence-electron chi connectivity index (χ1n) is 9.93. The second-order valence-corrected chi connectivity index (χ2v) is 8.93. The fourth-order valence-electron chi connectivity index (χ4n) is 3.77. The molecule has 33 heavy (non-hydrogen) atoms. The van der Waals surface area contributed by atoms with E-state index in [0.717, 1.165) is 44.5 Å². The Labute approximate surface area is 192 Å². The minimum absolute atomic E-state index is 0.192. The zero-order valence-electron chi connectivity index (χ0n) is 18.2. The number of benzene rings is 1. The van der Waals surface area contributed by atoms with Crippen molar-refractivity contribution in [3.8, 4) is 17.1 Å². The molecule has 0 aliphatic rings. The van der Waals surface area contributed by atoms with E-state index in [9.17, 15) is 23.7 Å². The van der Waals surface area contributed by atoms with Crippen LogP contribution in [0.5, 0.6) is 0 Å². The number of thiophene rings is 1. The van der Waals surface area contributed by atoms with Gasteiger partial charge in [0, 0.05) is 16.3 Å². The molecule has 0 aliphatic carbocycles. The number of nitrogens with one attached hydrogen (secondary N) is 1. The predicted molar refractivity (Wildman–Crippen MR) is 122 cm³/mol. The van der Waals surface area contributed by atoms with Gasteiger partial charge in [0.25, 0.3) is 0 Å². The zero-order valence-corrected chi connectivity index (χ0v) is 19.0. The maximum Gasteiger partial charge on any atom is 0.416 e. The van der Waals surface area contributed by atoms with Gasteiger partial charge in [-0.25, -0.2) is 4.98 Å². The van der Waals surface area contributed by atoms with E-state index < -0.39 is 11.7 Å². The Morgan fingerprint density at radius 3 is 2.52 bits per heavy atom. The van der Waals surface area contributed by atoms with Crippen LogP contribution in [0.3, 0.4) is 0 Å². The van der Waals surface area contributed by atoms with Crippen molar-refractivity contribution >= 4 is 34.0 Å². The molecule has 4 aromatic rings. The molecule has 0 spiro atoms. The normalized spacial score (nSPS) is 12.2. The van der Waals surface area contributed by atoms with Crippen molar-refractivity contribution in [2.24, 2.45) is 0 Å². The molecule has 0 unspecified atom stereocenters. The molecule has 0 fully saturated rings. The minimum atomic E-state index is -4.47. The van der Waals surface area contributed by atoms with E-state index in [-0.39, 0.29) is 16.9 Å². The number of imidazole rings is 1. The molecule has 0 saturated heterocycles. The molecule has 0 atom stereocenters. The van der Waals surface area contributed by atoms with Crippen LogP contribution in [-0.4, -0.2) is 14.5 Å². The van der Waals surface area contributed by atoms with Gasteiger partial charge >= 0.3 is 6.18 Å². The first-order valence-corrected chi connectivity index (χ1v) is 10.7. The topological polar surface area (TPSA) is 81.2 Å². The van der Waals surface area contributed by atoms with Gasteiger partial charge in [0.2, 0.25) is 0 Å². The number of fused-ring (bicyclic) bond motifs is 1. The number of hydrogen-bond donors (Lipinski definition) is 1. The van der Waals surface area contributed by atoms with Crippen LogP contribution in [-0.2, 0) is 6.18 Å². The Morgan fingerprint density at radius 1 is 1.15 bits per heavy atom. The molecule has 0 radical (unpaired) electrons. The summed E-state index contributed by atoms with van der Waals surface area (Å²) in [6.45, 7) is 7.71. The highest BCUT2D eigenvalue weighted by atomic mass is 32.1. The van der Waals surface area contributed by atoms with Crippen LogP contribution in [0, 0.1) is 50.4 Å². The molecule has 0 saturated carbocycles. The van der Waals surface area contributed by atoms with Crippen molar-refractivity contribution in [1.82, 2.24) is 14.5 Å². The average Bonchev–Trinajstić information content (AvgIpc) is 3.38. The molecule has 4 rings (SSSR count). The summed E-state index contributed by atoms with van der Waals surface area (Å²) in [7, 11) is 0. The zero-order chi connectivity index (χ0) is 24.1. The van der Waals surface area contributed by atoms with Gasteiger partial charge < -0.3 is 9.55 Å². The van der Waals surface area contributed by atoms with Crippen LogP contribution in [0.4, 0.5) is 13.2 Å². The van der Waals surface area contributed by atoms with E-state index in [4.69, 9.17) is 0 Å². The van der Waals surface area contributed by atoms with Crippen molar-refractivity contribution in [3.63, 3.8) is 0 Å². The van der Waals surface area contributed by atoms with Crippen LogP contribution in [0.25, 0.3) is 27.7 Å². The number of nitriles is 2. The summed E-state index contributed by atoms with van der Waals surface area (Å²) in [5.74, 6) is 0.192. The van der Waals surface area contributed by atoms with Gasteiger partial charge in [-0.3, -0.25) is 0 Å². The Hall–Kier alpha value is -3.82. The molecule has 3 heterocycles. The van der Waals surface area contributed by atoms with Crippen LogP contribution in [0.15, 0.2) is 24.3 Å². The van der Waals surface area contributed by atoms with Gasteiger partial charge in [-0.15, -0.1) is 11.3 Å². The van der Waals surface area contributed by atoms with Crippen molar-refractivity contribution in [1.29, 1.82) is 10.5 Å². The van der Waals surface area contributed by atoms with Gasteiger partial charge in [0.1, 0.15) is 23.0 Å². The van der Waals surface area contributed by atoms with Crippen LogP contribution in [0.2, 0.25) is 0 Å². The Bertz CT molecular complexity index is 1520. The third kappa shape index (κ3) is 3.81. The van der Waals surface area contributed by atoms with E-state index in [0.29, 0.717) is 11.1 Å².